The van der Waals surface area contributed by atoms with Gasteiger partial charge in [-0.2, -0.15) is 0 Å². The van der Waals surface area contributed by atoms with E-state index in [9.17, 15) is 13.9 Å². The molecule has 108 valence electrons. The van der Waals surface area contributed by atoms with Gasteiger partial charge in [0.1, 0.15) is 4.91 Å². The van der Waals surface area contributed by atoms with Crippen molar-refractivity contribution < 1.29 is 13.9 Å². The Morgan fingerprint density at radius 3 is 2.67 bits per heavy atom. The predicted molar refractivity (Wildman–Crippen MR) is 81.8 cm³/mol. The largest absolute Gasteiger partial charge is 0.364 e. The van der Waals surface area contributed by atoms with Crippen LogP contribution in [0.1, 0.15) is 16.8 Å². The molecule has 21 heavy (non-hydrogen) atoms. The van der Waals surface area contributed by atoms with Gasteiger partial charge in [0.05, 0.1) is 4.90 Å². The Kier molecular flexibility index (Phi) is 3.29. The summed E-state index contributed by atoms with van der Waals surface area (Å²) in [6.07, 6.45) is 3.73. The Labute approximate surface area is 123 Å². The molecule has 0 unspecified atom stereocenters. The van der Waals surface area contributed by atoms with Crippen molar-refractivity contribution in [1.82, 2.24) is 4.98 Å². The van der Waals surface area contributed by atoms with Crippen molar-refractivity contribution >= 4 is 22.6 Å². The Morgan fingerprint density at radius 2 is 2.00 bits per heavy atom. The Bertz CT molecular complexity index is 742. The number of aromatic nitrogens is 1. The average molecular weight is 302 g/mol. The molecular weight excluding hydrogens is 288 g/mol. The molecule has 0 bridgehead atoms. The fraction of sp³-hybridized carbons (Fsp3) is 0.0667. The number of benzene rings is 1. The Balaban J connectivity index is 2.08. The van der Waals surface area contributed by atoms with E-state index in [1.54, 1.807) is 18.3 Å². The molecule has 5 nitrogen and oxygen atoms in total. The molecule has 1 amide bonds. The van der Waals surface area contributed by atoms with E-state index in [1.165, 1.54) is 6.08 Å². The van der Waals surface area contributed by atoms with Gasteiger partial charge in [0.15, 0.2) is 0 Å². The predicted octanol–water partition coefficient (Wildman–Crippen LogP) is 2.62. The molecule has 0 spiro atoms. The maximum absolute atomic E-state index is 11.4. The zero-order valence-electron chi connectivity index (χ0n) is 11.1. The highest BCUT2D eigenvalue weighted by atomic mass is 32.3. The van der Waals surface area contributed by atoms with Crippen LogP contribution >= 0.6 is 10.6 Å². The summed E-state index contributed by atoms with van der Waals surface area (Å²) in [6.45, 7) is 0. The highest BCUT2D eigenvalue weighted by molar-refractivity contribution is 8.28. The number of hydrogen-bond donors (Lipinski definition) is 3. The summed E-state index contributed by atoms with van der Waals surface area (Å²) < 4.78 is 20.4. The fourth-order valence-corrected chi connectivity index (χ4v) is 3.96. The number of fused-ring (bicyclic) bond motifs is 1. The molecule has 2 heterocycles. The number of pyridine rings is 1. The van der Waals surface area contributed by atoms with Gasteiger partial charge in [-0.05, 0) is 29.8 Å². The van der Waals surface area contributed by atoms with E-state index in [4.69, 9.17) is 5.73 Å². The third-order valence-corrected chi connectivity index (χ3v) is 5.29. The number of amides is 1. The van der Waals surface area contributed by atoms with Gasteiger partial charge in [-0.15, -0.1) is 10.6 Å². The van der Waals surface area contributed by atoms with E-state index >= 15 is 0 Å². The van der Waals surface area contributed by atoms with Gasteiger partial charge in [0, 0.05) is 23.9 Å². The van der Waals surface area contributed by atoms with Crippen molar-refractivity contribution in [3.05, 3.63) is 64.3 Å². The van der Waals surface area contributed by atoms with E-state index in [1.807, 2.05) is 24.3 Å². The summed E-state index contributed by atoms with van der Waals surface area (Å²) in [6, 6.07) is 10.8. The number of nitrogens with zero attached hydrogens (tertiary/aromatic N) is 1. The van der Waals surface area contributed by atoms with Gasteiger partial charge >= 0.3 is 0 Å². The maximum atomic E-state index is 11.4. The normalized spacial score (nSPS) is 17.0. The zero-order valence-corrected chi connectivity index (χ0v) is 11.9. The van der Waals surface area contributed by atoms with Crippen molar-refractivity contribution in [3.63, 3.8) is 0 Å². The monoisotopic (exact) mass is 302 g/mol. The first-order valence-electron chi connectivity index (χ1n) is 6.32. The first kappa shape index (κ1) is 13.8. The summed E-state index contributed by atoms with van der Waals surface area (Å²) >= 11 is 0. The van der Waals surface area contributed by atoms with Crippen molar-refractivity contribution in [2.45, 2.75) is 11.3 Å². The van der Waals surface area contributed by atoms with Gasteiger partial charge in [0.2, 0.25) is 0 Å². The van der Waals surface area contributed by atoms with Gasteiger partial charge in [-0.3, -0.25) is 18.9 Å². The van der Waals surface area contributed by atoms with Crippen LogP contribution in [-0.4, -0.2) is 20.0 Å². The molecule has 4 N–H and O–H groups in total. The van der Waals surface area contributed by atoms with Crippen molar-refractivity contribution in [1.29, 1.82) is 0 Å². The average Bonchev–Trinajstić information content (AvgIpc) is 2.73. The lowest BCUT2D eigenvalue weighted by molar-refractivity contribution is -0.113. The second-order valence-electron chi connectivity index (χ2n) is 4.75. The van der Waals surface area contributed by atoms with Crippen LogP contribution in [0.3, 0.4) is 0 Å². The van der Waals surface area contributed by atoms with Crippen LogP contribution in [0.2, 0.25) is 0 Å². The number of hydrogen-bond acceptors (Lipinski definition) is 4. The summed E-state index contributed by atoms with van der Waals surface area (Å²) in [5.74, 6) is -0.810. The second kappa shape index (κ2) is 5.00. The van der Waals surface area contributed by atoms with E-state index in [0.29, 0.717) is 16.9 Å². The molecule has 0 saturated carbocycles. The van der Waals surface area contributed by atoms with Crippen molar-refractivity contribution in [2.24, 2.45) is 5.73 Å². The Morgan fingerprint density at radius 1 is 1.19 bits per heavy atom. The number of rotatable bonds is 3. The second-order valence-corrected chi connectivity index (χ2v) is 6.73. The minimum Gasteiger partial charge on any atom is -0.364 e. The van der Waals surface area contributed by atoms with E-state index in [-0.39, 0.29) is 4.91 Å². The first-order valence-corrected chi connectivity index (χ1v) is 7.86. The van der Waals surface area contributed by atoms with E-state index < -0.39 is 16.5 Å². The quantitative estimate of drug-likeness (QED) is 0.812. The summed E-state index contributed by atoms with van der Waals surface area (Å²) in [5, 5.41) is 0. The zero-order chi connectivity index (χ0) is 15.0. The van der Waals surface area contributed by atoms with Gasteiger partial charge in [-0.25, -0.2) is 0 Å². The Hall–Kier alpha value is -2.15. The first-order chi connectivity index (χ1) is 10.00. The smallest absolute Gasteiger partial charge is 0.265 e. The maximum Gasteiger partial charge on any atom is 0.265 e. The van der Waals surface area contributed by atoms with Crippen LogP contribution in [0.5, 0.6) is 0 Å². The minimum atomic E-state index is -3.29. The molecule has 3 rings (SSSR count). The molecule has 0 saturated heterocycles. The van der Waals surface area contributed by atoms with Crippen LogP contribution in [0.15, 0.2) is 52.4 Å². The van der Waals surface area contributed by atoms with E-state index in [0.717, 1.165) is 11.3 Å². The highest BCUT2D eigenvalue weighted by Crippen LogP contribution is 2.61. The van der Waals surface area contributed by atoms with Crippen LogP contribution < -0.4 is 5.73 Å². The standard InChI is InChI=1S/C15H14N2O3S/c16-15(18)14-9-12-10(8-11-5-1-2-7-17-11)4-3-6-13(12)21(14,19)20/h1-7,9,19-20H,8H2,(H2,16,18). The van der Waals surface area contributed by atoms with Crippen LogP contribution in [0, 0.1) is 0 Å². The van der Waals surface area contributed by atoms with Crippen LogP contribution in [0.25, 0.3) is 6.08 Å². The third kappa shape index (κ3) is 2.33. The number of primary amides is 1. The summed E-state index contributed by atoms with van der Waals surface area (Å²) in [5.41, 5.74) is 7.63. The fourth-order valence-electron chi connectivity index (χ4n) is 2.40. The van der Waals surface area contributed by atoms with Crippen LogP contribution in [-0.2, 0) is 11.2 Å². The SMILES string of the molecule is NC(=O)C1=Cc2c(Cc3ccccn3)cccc2S1(O)O. The lowest BCUT2D eigenvalue weighted by Gasteiger charge is -2.29. The van der Waals surface area contributed by atoms with Gasteiger partial charge in [0.25, 0.3) is 5.91 Å². The van der Waals surface area contributed by atoms with Gasteiger partial charge < -0.3 is 5.73 Å². The third-order valence-electron chi connectivity index (χ3n) is 3.39. The molecule has 1 aliphatic rings. The molecule has 0 atom stereocenters. The van der Waals surface area contributed by atoms with Crippen molar-refractivity contribution in [3.8, 4) is 0 Å². The molecule has 2 aromatic rings. The minimum absolute atomic E-state index is 0.133. The van der Waals surface area contributed by atoms with Gasteiger partial charge in [-0.1, -0.05) is 18.2 Å². The van der Waals surface area contributed by atoms with Crippen LogP contribution in [0.4, 0.5) is 0 Å². The molecule has 6 heteroatoms. The summed E-state index contributed by atoms with van der Waals surface area (Å²) in [4.78, 5) is 15.9. The highest BCUT2D eigenvalue weighted by Gasteiger charge is 2.34. The lowest BCUT2D eigenvalue weighted by Crippen LogP contribution is -2.16. The molecule has 1 aliphatic heterocycles. The van der Waals surface area contributed by atoms with Crippen molar-refractivity contribution in [2.75, 3.05) is 0 Å². The molecular formula is C15H14N2O3S. The number of carbonyl (C=O) groups excluding carboxylic acids is 1. The number of carbonyl (C=O) groups is 1. The molecule has 0 aliphatic carbocycles. The topological polar surface area (TPSA) is 96.4 Å². The van der Waals surface area contributed by atoms with E-state index in [2.05, 4.69) is 4.98 Å². The molecule has 0 fully saturated rings. The molecule has 1 aromatic heterocycles. The molecule has 1 aromatic carbocycles. The molecule has 0 radical (unpaired) electrons. The lowest BCUT2D eigenvalue weighted by atomic mass is 10.0. The number of nitrogens with two attached hydrogens (primary N) is 1. The summed E-state index contributed by atoms with van der Waals surface area (Å²) in [7, 11) is -3.29.